The van der Waals surface area contributed by atoms with Crippen molar-refractivity contribution in [3.63, 3.8) is 0 Å². The van der Waals surface area contributed by atoms with Gasteiger partial charge in [0.25, 0.3) is 5.56 Å². The molecule has 2 N–H and O–H groups in total. The van der Waals surface area contributed by atoms with Gasteiger partial charge < -0.3 is 15.0 Å². The molecule has 0 aliphatic carbocycles. The van der Waals surface area contributed by atoms with E-state index in [2.05, 4.69) is 10.3 Å². The van der Waals surface area contributed by atoms with E-state index in [-0.39, 0.29) is 27.2 Å². The molecule has 0 spiro atoms. The van der Waals surface area contributed by atoms with E-state index in [9.17, 15) is 22.8 Å². The Bertz CT molecular complexity index is 1750. The van der Waals surface area contributed by atoms with Crippen molar-refractivity contribution in [3.05, 3.63) is 87.7 Å². The summed E-state index contributed by atoms with van der Waals surface area (Å²) in [5, 5.41) is 3.32. The van der Waals surface area contributed by atoms with Crippen LogP contribution in [0.4, 0.5) is 18.9 Å². The molecule has 0 atom stereocenters. The first-order valence-corrected chi connectivity index (χ1v) is 12.5. The summed E-state index contributed by atoms with van der Waals surface area (Å²) in [7, 11) is 1.50. The molecule has 5 aromatic rings. The second-order valence-corrected chi connectivity index (χ2v) is 9.51. The first kappa shape index (κ1) is 25.7. The zero-order chi connectivity index (χ0) is 27.0. The number of alkyl halides is 3. The lowest BCUT2D eigenvalue weighted by molar-refractivity contribution is -0.137. The summed E-state index contributed by atoms with van der Waals surface area (Å²) in [6.45, 7) is 0. The van der Waals surface area contributed by atoms with Crippen molar-refractivity contribution in [1.29, 1.82) is 0 Å². The molecule has 5 rings (SSSR count). The number of nitrogens with zero attached hydrogens (tertiary/aromatic N) is 2. The number of carbonyl (C=O) groups is 1. The lowest BCUT2D eigenvalue weighted by atomic mass is 10.2. The first-order chi connectivity index (χ1) is 18.2. The standard InChI is InChI=1S/C26H18ClF3N4O3S/c1-37-16-6-4-5-15(12-16)34-24(36)23-22(17-7-2-3-8-19(17)32-23)33-25(34)38-13-21(35)31-20-11-14(26(28,29)30)9-10-18(20)27/h2-12,32H,13H2,1H3,(H,31,35). The molecule has 0 unspecified atom stereocenters. The molecule has 12 heteroatoms. The molecule has 3 aromatic carbocycles. The summed E-state index contributed by atoms with van der Waals surface area (Å²) in [6, 6.07) is 16.8. The molecular weight excluding hydrogens is 541 g/mol. The van der Waals surface area contributed by atoms with Crippen LogP contribution in [0.5, 0.6) is 5.75 Å². The third-order valence-corrected chi connectivity index (χ3v) is 6.97. The van der Waals surface area contributed by atoms with Crippen molar-refractivity contribution in [2.75, 3.05) is 18.2 Å². The van der Waals surface area contributed by atoms with Crippen molar-refractivity contribution >= 4 is 56.9 Å². The molecule has 2 aromatic heterocycles. The lowest BCUT2D eigenvalue weighted by Gasteiger charge is -2.14. The molecule has 38 heavy (non-hydrogen) atoms. The van der Waals surface area contributed by atoms with Crippen LogP contribution >= 0.6 is 23.4 Å². The van der Waals surface area contributed by atoms with Crippen molar-refractivity contribution in [2.45, 2.75) is 11.3 Å². The molecule has 194 valence electrons. The maximum atomic E-state index is 13.6. The molecular formula is C26H18ClF3N4O3S. The van der Waals surface area contributed by atoms with Crippen LogP contribution < -0.4 is 15.6 Å². The number of fused-ring (bicyclic) bond motifs is 3. The number of aromatic nitrogens is 3. The number of rotatable bonds is 6. The highest BCUT2D eigenvalue weighted by Crippen LogP contribution is 2.34. The minimum absolute atomic E-state index is 0.0389. The summed E-state index contributed by atoms with van der Waals surface area (Å²) in [5.74, 6) is -0.364. The molecule has 0 saturated heterocycles. The van der Waals surface area contributed by atoms with Crippen molar-refractivity contribution < 1.29 is 22.7 Å². The molecule has 2 heterocycles. The van der Waals surface area contributed by atoms with Crippen LogP contribution in [0.1, 0.15) is 5.56 Å². The number of thioether (sulfide) groups is 1. The van der Waals surface area contributed by atoms with Gasteiger partial charge in [0.05, 0.1) is 34.8 Å². The van der Waals surface area contributed by atoms with Gasteiger partial charge in [0.2, 0.25) is 5.91 Å². The highest BCUT2D eigenvalue weighted by molar-refractivity contribution is 7.99. The predicted octanol–water partition coefficient (Wildman–Crippen LogP) is 6.28. The number of methoxy groups -OCH3 is 1. The second-order valence-electron chi connectivity index (χ2n) is 8.16. The van der Waals surface area contributed by atoms with Gasteiger partial charge in [-0.05, 0) is 36.4 Å². The van der Waals surface area contributed by atoms with Gasteiger partial charge in [-0.25, -0.2) is 4.98 Å². The largest absolute Gasteiger partial charge is 0.497 e. The third-order valence-electron chi connectivity index (χ3n) is 5.71. The van der Waals surface area contributed by atoms with E-state index in [0.29, 0.717) is 22.5 Å². The van der Waals surface area contributed by atoms with Gasteiger partial charge in [-0.2, -0.15) is 13.2 Å². The fourth-order valence-corrected chi connectivity index (χ4v) is 4.90. The van der Waals surface area contributed by atoms with Crippen molar-refractivity contribution in [3.8, 4) is 11.4 Å². The Kier molecular flexibility index (Phi) is 6.80. The van der Waals surface area contributed by atoms with Crippen LogP contribution in [0.2, 0.25) is 5.02 Å². The number of anilines is 1. The molecule has 7 nitrogen and oxygen atoms in total. The van der Waals surface area contributed by atoms with E-state index >= 15 is 0 Å². The molecule has 0 radical (unpaired) electrons. The van der Waals surface area contributed by atoms with Gasteiger partial charge in [-0.3, -0.25) is 14.2 Å². The zero-order valence-electron chi connectivity index (χ0n) is 19.6. The Balaban J connectivity index is 1.53. The summed E-state index contributed by atoms with van der Waals surface area (Å²) in [4.78, 5) is 34.2. The first-order valence-electron chi connectivity index (χ1n) is 11.1. The van der Waals surface area contributed by atoms with E-state index in [0.717, 1.165) is 40.9 Å². The second kappa shape index (κ2) is 10.1. The SMILES string of the molecule is COc1cccc(-n2c(SCC(=O)Nc3cc(C(F)(F)F)ccc3Cl)nc3c([nH]c4ccccc43)c2=O)c1. The average Bonchev–Trinajstić information content (AvgIpc) is 3.27. The van der Waals surface area contributed by atoms with Gasteiger partial charge in [0.1, 0.15) is 16.8 Å². The monoisotopic (exact) mass is 558 g/mol. The average molecular weight is 559 g/mol. The fraction of sp³-hybridized carbons (Fsp3) is 0.115. The van der Waals surface area contributed by atoms with Crippen LogP contribution in [-0.2, 0) is 11.0 Å². The molecule has 0 aliphatic heterocycles. The maximum Gasteiger partial charge on any atom is 0.416 e. The Morgan fingerprint density at radius 2 is 1.92 bits per heavy atom. The molecule has 0 saturated carbocycles. The highest BCUT2D eigenvalue weighted by atomic mass is 35.5. The Hall–Kier alpha value is -3.96. The van der Waals surface area contributed by atoms with Crippen molar-refractivity contribution in [2.24, 2.45) is 0 Å². The topological polar surface area (TPSA) is 89.0 Å². The number of hydrogen-bond acceptors (Lipinski definition) is 5. The molecule has 0 fully saturated rings. The number of H-pyrrole nitrogens is 1. The van der Waals surface area contributed by atoms with Gasteiger partial charge >= 0.3 is 6.18 Å². The van der Waals surface area contributed by atoms with Crippen LogP contribution in [0.15, 0.2) is 76.7 Å². The maximum absolute atomic E-state index is 13.6. The number of benzene rings is 3. The summed E-state index contributed by atoms with van der Waals surface area (Å²) >= 11 is 6.97. The summed E-state index contributed by atoms with van der Waals surface area (Å²) in [6.07, 6.45) is -4.59. The lowest BCUT2D eigenvalue weighted by Crippen LogP contribution is -2.23. The number of nitrogens with one attached hydrogen (secondary N) is 2. The predicted molar refractivity (Wildman–Crippen MR) is 142 cm³/mol. The van der Waals surface area contributed by atoms with Gasteiger partial charge in [-0.1, -0.05) is 47.6 Å². The Morgan fingerprint density at radius 1 is 1.13 bits per heavy atom. The minimum Gasteiger partial charge on any atom is -0.497 e. The number of para-hydroxylation sites is 1. The van der Waals surface area contributed by atoms with Crippen LogP contribution in [0, 0.1) is 0 Å². The zero-order valence-corrected chi connectivity index (χ0v) is 21.2. The number of hydrogen-bond donors (Lipinski definition) is 2. The molecule has 0 aliphatic rings. The van der Waals surface area contributed by atoms with E-state index in [1.165, 1.54) is 11.7 Å². The Morgan fingerprint density at radius 3 is 2.68 bits per heavy atom. The Labute approximate surface area is 222 Å². The van der Waals surface area contributed by atoms with E-state index < -0.39 is 17.6 Å². The smallest absolute Gasteiger partial charge is 0.416 e. The van der Waals surface area contributed by atoms with Crippen LogP contribution in [0.25, 0.3) is 27.6 Å². The van der Waals surface area contributed by atoms with Crippen LogP contribution in [0.3, 0.4) is 0 Å². The third kappa shape index (κ3) is 4.94. The summed E-state index contributed by atoms with van der Waals surface area (Å²) in [5.41, 5.74) is 0.422. The minimum atomic E-state index is -4.59. The molecule has 1 amide bonds. The highest BCUT2D eigenvalue weighted by Gasteiger charge is 2.31. The normalized spacial score (nSPS) is 11.7. The van der Waals surface area contributed by atoms with Gasteiger partial charge in [0.15, 0.2) is 5.16 Å². The van der Waals surface area contributed by atoms with Crippen LogP contribution in [-0.4, -0.2) is 33.3 Å². The molecule has 0 bridgehead atoms. The van der Waals surface area contributed by atoms with Gasteiger partial charge in [-0.15, -0.1) is 0 Å². The number of halogens is 4. The fourth-order valence-electron chi connectivity index (χ4n) is 3.93. The van der Waals surface area contributed by atoms with E-state index in [1.807, 2.05) is 24.3 Å². The number of aromatic amines is 1. The number of carbonyl (C=O) groups excluding carboxylic acids is 1. The van der Waals surface area contributed by atoms with E-state index in [1.54, 1.807) is 24.3 Å². The van der Waals surface area contributed by atoms with Gasteiger partial charge in [0, 0.05) is 17.0 Å². The number of amides is 1. The van der Waals surface area contributed by atoms with E-state index in [4.69, 9.17) is 21.3 Å². The quantitative estimate of drug-likeness (QED) is 0.189. The number of ether oxygens (including phenoxy) is 1. The summed E-state index contributed by atoms with van der Waals surface area (Å²) < 4.78 is 46.0. The van der Waals surface area contributed by atoms with Crippen molar-refractivity contribution in [1.82, 2.24) is 14.5 Å².